The highest BCUT2D eigenvalue weighted by Gasteiger charge is 2.10. The number of rotatable bonds is 4. The minimum absolute atomic E-state index is 0.00642. The van der Waals surface area contributed by atoms with Gasteiger partial charge in [0.05, 0.1) is 0 Å². The average Bonchev–Trinajstić information content (AvgIpc) is 2.37. The van der Waals surface area contributed by atoms with Crippen LogP contribution in [0.15, 0.2) is 41.7 Å². The Bertz CT molecular complexity index is 561. The Labute approximate surface area is 108 Å². The number of nitrogens with zero attached hydrogens (tertiary/aromatic N) is 2. The molecule has 1 aromatic carbocycles. The first-order valence-electron chi connectivity index (χ1n) is 5.19. The molecule has 2 aromatic rings. The summed E-state index contributed by atoms with van der Waals surface area (Å²) in [7, 11) is 0. The van der Waals surface area contributed by atoms with Crippen LogP contribution in [0.3, 0.4) is 0 Å². The van der Waals surface area contributed by atoms with Crippen molar-refractivity contribution < 1.29 is 9.90 Å². The number of carbonyl (C=O) groups is 1. The number of carboxylic acid groups (broad SMARTS) is 1. The summed E-state index contributed by atoms with van der Waals surface area (Å²) in [5.41, 5.74) is 6.62. The summed E-state index contributed by atoms with van der Waals surface area (Å²) in [6, 6.07) is 9.87. The lowest BCUT2D eigenvalue weighted by Crippen LogP contribution is -2.06. The third kappa shape index (κ3) is 2.98. The summed E-state index contributed by atoms with van der Waals surface area (Å²) in [5, 5.41) is 9.27. The molecule has 0 saturated heterocycles. The van der Waals surface area contributed by atoms with Gasteiger partial charge in [-0.05, 0) is 5.56 Å². The standard InChI is InChI=1S/C12H11N3O2S/c13-10-9(11(16)17)6-14-12(15-10)18-7-8-4-2-1-3-5-8/h1-6H,7H2,(H,16,17)(H2,13,14,15). The van der Waals surface area contributed by atoms with Crippen LogP contribution < -0.4 is 5.73 Å². The van der Waals surface area contributed by atoms with E-state index in [0.29, 0.717) is 10.9 Å². The minimum Gasteiger partial charge on any atom is -0.477 e. The number of nitrogen functional groups attached to an aromatic ring is 1. The van der Waals surface area contributed by atoms with Crippen LogP contribution in [-0.4, -0.2) is 21.0 Å². The molecule has 0 amide bonds. The van der Waals surface area contributed by atoms with Crippen molar-refractivity contribution in [2.24, 2.45) is 0 Å². The second-order valence-electron chi connectivity index (χ2n) is 3.53. The van der Waals surface area contributed by atoms with Gasteiger partial charge in [-0.1, -0.05) is 42.1 Å². The molecule has 0 saturated carbocycles. The molecule has 0 aliphatic rings. The van der Waals surface area contributed by atoms with Crippen molar-refractivity contribution in [2.45, 2.75) is 10.9 Å². The summed E-state index contributed by atoms with van der Waals surface area (Å²) in [4.78, 5) is 18.7. The van der Waals surface area contributed by atoms with Crippen molar-refractivity contribution in [3.8, 4) is 0 Å². The van der Waals surface area contributed by atoms with E-state index in [-0.39, 0.29) is 11.4 Å². The van der Waals surface area contributed by atoms with E-state index in [0.717, 1.165) is 5.56 Å². The van der Waals surface area contributed by atoms with E-state index in [1.54, 1.807) is 0 Å². The molecule has 0 radical (unpaired) electrons. The Kier molecular flexibility index (Phi) is 3.78. The third-order valence-corrected chi connectivity index (χ3v) is 3.17. The topological polar surface area (TPSA) is 89.1 Å². The molecule has 2 rings (SSSR count). The van der Waals surface area contributed by atoms with Crippen molar-refractivity contribution in [3.63, 3.8) is 0 Å². The SMILES string of the molecule is Nc1nc(SCc2ccccc2)ncc1C(=O)O. The zero-order valence-electron chi connectivity index (χ0n) is 9.41. The first kappa shape index (κ1) is 12.4. The van der Waals surface area contributed by atoms with Gasteiger partial charge in [-0.25, -0.2) is 14.8 Å². The van der Waals surface area contributed by atoms with Gasteiger partial charge in [0.2, 0.25) is 0 Å². The molecular formula is C12H11N3O2S. The average molecular weight is 261 g/mol. The molecular weight excluding hydrogens is 250 g/mol. The molecule has 0 atom stereocenters. The summed E-state index contributed by atoms with van der Waals surface area (Å²) < 4.78 is 0. The molecule has 0 spiro atoms. The minimum atomic E-state index is -1.12. The Morgan fingerprint density at radius 2 is 2.06 bits per heavy atom. The molecule has 0 unspecified atom stereocenters. The van der Waals surface area contributed by atoms with Crippen LogP contribution in [0.1, 0.15) is 15.9 Å². The van der Waals surface area contributed by atoms with Crippen LogP contribution >= 0.6 is 11.8 Å². The van der Waals surface area contributed by atoms with Crippen LogP contribution in [0.5, 0.6) is 0 Å². The maximum atomic E-state index is 10.7. The number of hydrogen-bond donors (Lipinski definition) is 2. The quantitative estimate of drug-likeness (QED) is 0.646. The van der Waals surface area contributed by atoms with E-state index in [1.165, 1.54) is 18.0 Å². The van der Waals surface area contributed by atoms with Gasteiger partial charge in [0.15, 0.2) is 5.16 Å². The maximum absolute atomic E-state index is 10.7. The van der Waals surface area contributed by atoms with E-state index in [2.05, 4.69) is 9.97 Å². The smallest absolute Gasteiger partial charge is 0.341 e. The number of benzene rings is 1. The van der Waals surface area contributed by atoms with Crippen molar-refractivity contribution in [1.82, 2.24) is 9.97 Å². The largest absolute Gasteiger partial charge is 0.477 e. The predicted octanol–water partition coefficient (Wildman–Crippen LogP) is 2.05. The number of hydrogen-bond acceptors (Lipinski definition) is 5. The normalized spacial score (nSPS) is 10.2. The van der Waals surface area contributed by atoms with Gasteiger partial charge in [-0.3, -0.25) is 0 Å². The van der Waals surface area contributed by atoms with Gasteiger partial charge in [-0.2, -0.15) is 0 Å². The summed E-state index contributed by atoms with van der Waals surface area (Å²) in [6.07, 6.45) is 1.23. The first-order chi connectivity index (χ1) is 8.66. The van der Waals surface area contributed by atoms with Crippen LogP contribution in [0, 0.1) is 0 Å². The number of thioether (sulfide) groups is 1. The number of nitrogens with two attached hydrogens (primary N) is 1. The van der Waals surface area contributed by atoms with Crippen LogP contribution in [-0.2, 0) is 5.75 Å². The molecule has 1 aromatic heterocycles. The lowest BCUT2D eigenvalue weighted by atomic mass is 10.2. The molecule has 0 bridgehead atoms. The fourth-order valence-corrected chi connectivity index (χ4v) is 2.11. The molecule has 0 aliphatic heterocycles. The fourth-order valence-electron chi connectivity index (χ4n) is 1.33. The van der Waals surface area contributed by atoms with Gasteiger partial charge in [0.1, 0.15) is 11.4 Å². The van der Waals surface area contributed by atoms with Crippen molar-refractivity contribution in [2.75, 3.05) is 5.73 Å². The van der Waals surface area contributed by atoms with Gasteiger partial charge >= 0.3 is 5.97 Å². The molecule has 18 heavy (non-hydrogen) atoms. The van der Waals surface area contributed by atoms with Crippen molar-refractivity contribution in [3.05, 3.63) is 47.7 Å². The van der Waals surface area contributed by atoms with Gasteiger partial charge in [-0.15, -0.1) is 0 Å². The van der Waals surface area contributed by atoms with Crippen LogP contribution in [0.4, 0.5) is 5.82 Å². The molecule has 3 N–H and O–H groups in total. The van der Waals surface area contributed by atoms with Crippen LogP contribution in [0.2, 0.25) is 0 Å². The zero-order chi connectivity index (χ0) is 13.0. The first-order valence-corrected chi connectivity index (χ1v) is 6.18. The molecule has 5 nitrogen and oxygen atoms in total. The van der Waals surface area contributed by atoms with E-state index < -0.39 is 5.97 Å². The summed E-state index contributed by atoms with van der Waals surface area (Å²) >= 11 is 1.41. The van der Waals surface area contributed by atoms with Gasteiger partial charge < -0.3 is 10.8 Å². The second-order valence-corrected chi connectivity index (χ2v) is 4.47. The van der Waals surface area contributed by atoms with E-state index in [1.807, 2.05) is 30.3 Å². The molecule has 6 heteroatoms. The number of aromatic nitrogens is 2. The fraction of sp³-hybridized carbons (Fsp3) is 0.0833. The van der Waals surface area contributed by atoms with E-state index >= 15 is 0 Å². The Hall–Kier alpha value is -2.08. The van der Waals surface area contributed by atoms with Gasteiger partial charge in [0, 0.05) is 11.9 Å². The lowest BCUT2D eigenvalue weighted by molar-refractivity contribution is 0.0697. The van der Waals surface area contributed by atoms with E-state index in [9.17, 15) is 4.79 Å². The maximum Gasteiger partial charge on any atom is 0.341 e. The van der Waals surface area contributed by atoms with E-state index in [4.69, 9.17) is 10.8 Å². The molecule has 0 fully saturated rings. The van der Waals surface area contributed by atoms with Gasteiger partial charge in [0.25, 0.3) is 0 Å². The highest BCUT2D eigenvalue weighted by atomic mass is 32.2. The summed E-state index contributed by atoms with van der Waals surface area (Å²) in [6.45, 7) is 0. The van der Waals surface area contributed by atoms with Crippen molar-refractivity contribution in [1.29, 1.82) is 0 Å². The monoisotopic (exact) mass is 261 g/mol. The Balaban J connectivity index is 2.07. The molecule has 0 aliphatic carbocycles. The van der Waals surface area contributed by atoms with Crippen molar-refractivity contribution >= 4 is 23.5 Å². The number of carboxylic acids is 1. The van der Waals surface area contributed by atoms with Crippen LogP contribution in [0.25, 0.3) is 0 Å². The lowest BCUT2D eigenvalue weighted by Gasteiger charge is -2.03. The number of aromatic carboxylic acids is 1. The highest BCUT2D eigenvalue weighted by molar-refractivity contribution is 7.98. The Morgan fingerprint density at radius 3 is 2.67 bits per heavy atom. The third-order valence-electron chi connectivity index (χ3n) is 2.24. The molecule has 92 valence electrons. The number of anilines is 1. The predicted molar refractivity (Wildman–Crippen MR) is 69.4 cm³/mol. The molecule has 1 heterocycles. The Morgan fingerprint density at radius 1 is 1.33 bits per heavy atom. The second kappa shape index (κ2) is 5.50. The highest BCUT2D eigenvalue weighted by Crippen LogP contribution is 2.20. The zero-order valence-corrected chi connectivity index (χ0v) is 10.2. The summed E-state index contributed by atoms with van der Waals surface area (Å²) in [5.74, 6) is -0.410.